The molecule has 0 aromatic heterocycles. The average molecular weight is 374 g/mol. The number of rotatable bonds is 9. The predicted octanol–water partition coefficient (Wildman–Crippen LogP) is -0.227. The molecule has 0 saturated carbocycles. The molecule has 1 aromatic carbocycles. The van der Waals surface area contributed by atoms with Gasteiger partial charge in [-0.25, -0.2) is 0 Å². The summed E-state index contributed by atoms with van der Waals surface area (Å²) < 4.78 is 4.99. The summed E-state index contributed by atoms with van der Waals surface area (Å²) >= 11 is 0. The number of nitrogens with one attached hydrogen (secondary N) is 3. The molecule has 2 aliphatic heterocycles. The van der Waals surface area contributed by atoms with E-state index in [2.05, 4.69) is 16.0 Å². The topological polar surface area (TPSA) is 99.8 Å². The number of carbonyl (C=O) groups is 3. The fourth-order valence-corrected chi connectivity index (χ4v) is 3.51. The molecule has 0 spiro atoms. The zero-order chi connectivity index (χ0) is 19.2. The van der Waals surface area contributed by atoms with Crippen molar-refractivity contribution >= 4 is 17.7 Å². The number of methoxy groups -OCH3 is 1. The van der Waals surface area contributed by atoms with E-state index < -0.39 is 6.04 Å². The normalized spacial score (nSPS) is 19.4. The number of nitrogens with zero attached hydrogens (tertiary/aromatic N) is 1. The van der Waals surface area contributed by atoms with Crippen molar-refractivity contribution in [1.82, 2.24) is 20.9 Å². The van der Waals surface area contributed by atoms with Crippen LogP contribution in [0.2, 0.25) is 0 Å². The third kappa shape index (κ3) is 4.52. The third-order valence-electron chi connectivity index (χ3n) is 4.96. The van der Waals surface area contributed by atoms with Crippen LogP contribution in [0.15, 0.2) is 18.2 Å². The molecule has 3 amide bonds. The van der Waals surface area contributed by atoms with Crippen molar-refractivity contribution < 1.29 is 19.1 Å². The molecule has 1 unspecified atom stereocenters. The van der Waals surface area contributed by atoms with Gasteiger partial charge in [-0.2, -0.15) is 0 Å². The molecule has 1 fully saturated rings. The number of imide groups is 1. The van der Waals surface area contributed by atoms with Crippen molar-refractivity contribution in [3.05, 3.63) is 34.9 Å². The van der Waals surface area contributed by atoms with Crippen LogP contribution in [-0.2, 0) is 27.4 Å². The molecular weight excluding hydrogens is 348 g/mol. The Labute approximate surface area is 158 Å². The van der Waals surface area contributed by atoms with Crippen molar-refractivity contribution in [3.8, 4) is 0 Å². The smallest absolute Gasteiger partial charge is 0.255 e. The van der Waals surface area contributed by atoms with E-state index in [-0.39, 0.29) is 24.1 Å². The van der Waals surface area contributed by atoms with Crippen LogP contribution in [0.4, 0.5) is 0 Å². The Bertz CT molecular complexity index is 722. The van der Waals surface area contributed by atoms with Crippen molar-refractivity contribution in [2.45, 2.75) is 32.0 Å². The highest BCUT2D eigenvalue weighted by molar-refractivity contribution is 6.05. The van der Waals surface area contributed by atoms with E-state index in [0.717, 1.165) is 30.8 Å². The fourth-order valence-electron chi connectivity index (χ4n) is 3.51. The van der Waals surface area contributed by atoms with Crippen LogP contribution in [0.3, 0.4) is 0 Å². The quantitative estimate of drug-likeness (QED) is 0.408. The molecule has 146 valence electrons. The summed E-state index contributed by atoms with van der Waals surface area (Å²) in [6.07, 6.45) is 0.645. The van der Waals surface area contributed by atoms with Gasteiger partial charge in [0.05, 0.1) is 6.61 Å². The van der Waals surface area contributed by atoms with E-state index in [4.69, 9.17) is 4.74 Å². The largest absolute Gasteiger partial charge is 0.383 e. The van der Waals surface area contributed by atoms with E-state index in [1.807, 2.05) is 12.1 Å². The Kier molecular flexibility index (Phi) is 6.54. The Hall–Kier alpha value is -2.29. The molecule has 8 nitrogen and oxygen atoms in total. The Balaban J connectivity index is 1.59. The number of hydrogen-bond donors (Lipinski definition) is 3. The second-order valence-corrected chi connectivity index (χ2v) is 6.76. The Morgan fingerprint density at radius 2 is 2.00 bits per heavy atom. The van der Waals surface area contributed by atoms with E-state index in [1.54, 1.807) is 18.1 Å². The van der Waals surface area contributed by atoms with Gasteiger partial charge in [0.2, 0.25) is 11.8 Å². The summed E-state index contributed by atoms with van der Waals surface area (Å²) in [4.78, 5) is 37.9. The van der Waals surface area contributed by atoms with E-state index >= 15 is 0 Å². The Morgan fingerprint density at radius 3 is 2.78 bits per heavy atom. The molecule has 8 heteroatoms. The minimum absolute atomic E-state index is 0.136. The van der Waals surface area contributed by atoms with Crippen LogP contribution in [0.25, 0.3) is 0 Å². The first kappa shape index (κ1) is 19.5. The lowest BCUT2D eigenvalue weighted by Crippen LogP contribution is -2.52. The molecule has 0 aliphatic carbocycles. The van der Waals surface area contributed by atoms with Gasteiger partial charge in [0.25, 0.3) is 5.91 Å². The van der Waals surface area contributed by atoms with Gasteiger partial charge in [0, 0.05) is 51.8 Å². The second-order valence-electron chi connectivity index (χ2n) is 6.76. The zero-order valence-electron chi connectivity index (χ0n) is 15.5. The number of carbonyl (C=O) groups excluding carboxylic acids is 3. The summed E-state index contributed by atoms with van der Waals surface area (Å²) in [5, 5.41) is 8.97. The van der Waals surface area contributed by atoms with Gasteiger partial charge in [-0.3, -0.25) is 19.7 Å². The first-order valence-electron chi connectivity index (χ1n) is 9.27. The first-order valence-corrected chi connectivity index (χ1v) is 9.27. The summed E-state index contributed by atoms with van der Waals surface area (Å²) in [6.45, 7) is 4.20. The number of ether oxygens (including phenoxy) is 1. The highest BCUT2D eigenvalue weighted by atomic mass is 16.5. The lowest BCUT2D eigenvalue weighted by atomic mass is 10.0. The van der Waals surface area contributed by atoms with Gasteiger partial charge in [-0.15, -0.1) is 0 Å². The molecule has 2 heterocycles. The molecule has 0 bridgehead atoms. The standard InChI is InChI=1S/C19H26N4O4/c1-27-10-9-20-7-8-21-11-13-3-2-4-14-15(13)12-23(19(14)26)16-5-6-17(24)22-18(16)25/h2-4,16,20-21H,5-12H2,1H3,(H,22,24,25). The van der Waals surface area contributed by atoms with Gasteiger partial charge in [0.15, 0.2) is 0 Å². The number of hydrogen-bond acceptors (Lipinski definition) is 6. The monoisotopic (exact) mass is 374 g/mol. The van der Waals surface area contributed by atoms with Crippen LogP contribution >= 0.6 is 0 Å². The van der Waals surface area contributed by atoms with Gasteiger partial charge in [-0.1, -0.05) is 12.1 Å². The van der Waals surface area contributed by atoms with Crippen LogP contribution in [0.1, 0.15) is 34.3 Å². The van der Waals surface area contributed by atoms with E-state index in [1.165, 1.54) is 0 Å². The average Bonchev–Trinajstić information content (AvgIpc) is 2.98. The molecule has 27 heavy (non-hydrogen) atoms. The number of amides is 3. The van der Waals surface area contributed by atoms with Crippen LogP contribution < -0.4 is 16.0 Å². The third-order valence-corrected chi connectivity index (χ3v) is 4.96. The molecule has 0 radical (unpaired) electrons. The van der Waals surface area contributed by atoms with Gasteiger partial charge in [0.1, 0.15) is 6.04 Å². The van der Waals surface area contributed by atoms with Crippen LogP contribution in [-0.4, -0.2) is 62.0 Å². The SMILES string of the molecule is COCCNCCNCc1cccc2c1CN(C1CCC(=O)NC1=O)C2=O. The van der Waals surface area contributed by atoms with Gasteiger partial charge < -0.3 is 20.3 Å². The zero-order valence-corrected chi connectivity index (χ0v) is 15.5. The minimum atomic E-state index is -0.576. The summed E-state index contributed by atoms with van der Waals surface area (Å²) in [6, 6.07) is 5.11. The van der Waals surface area contributed by atoms with Crippen molar-refractivity contribution in [2.75, 3.05) is 33.4 Å². The van der Waals surface area contributed by atoms with Crippen molar-refractivity contribution in [2.24, 2.45) is 0 Å². The van der Waals surface area contributed by atoms with E-state index in [9.17, 15) is 14.4 Å². The lowest BCUT2D eigenvalue weighted by Gasteiger charge is -2.29. The van der Waals surface area contributed by atoms with E-state index in [0.29, 0.717) is 31.7 Å². The lowest BCUT2D eigenvalue weighted by molar-refractivity contribution is -0.136. The van der Waals surface area contributed by atoms with Gasteiger partial charge >= 0.3 is 0 Å². The molecule has 1 aromatic rings. The maximum Gasteiger partial charge on any atom is 0.255 e. The molecule has 1 saturated heterocycles. The fraction of sp³-hybridized carbons (Fsp3) is 0.526. The number of fused-ring (bicyclic) bond motifs is 1. The molecular formula is C19H26N4O4. The summed E-state index contributed by atoms with van der Waals surface area (Å²) in [5.41, 5.74) is 2.68. The number of piperidine rings is 1. The van der Waals surface area contributed by atoms with Crippen molar-refractivity contribution in [3.63, 3.8) is 0 Å². The highest BCUT2D eigenvalue weighted by Crippen LogP contribution is 2.29. The predicted molar refractivity (Wildman–Crippen MR) is 98.9 cm³/mol. The second kappa shape index (κ2) is 9.07. The maximum absolute atomic E-state index is 12.8. The van der Waals surface area contributed by atoms with Crippen LogP contribution in [0, 0.1) is 0 Å². The maximum atomic E-state index is 12.8. The van der Waals surface area contributed by atoms with Crippen molar-refractivity contribution in [1.29, 1.82) is 0 Å². The first-order chi connectivity index (χ1) is 13.1. The summed E-state index contributed by atoms with van der Waals surface area (Å²) in [5.74, 6) is -0.791. The van der Waals surface area contributed by atoms with Crippen LogP contribution in [0.5, 0.6) is 0 Å². The molecule has 1 atom stereocenters. The highest BCUT2D eigenvalue weighted by Gasteiger charge is 2.39. The summed E-state index contributed by atoms with van der Waals surface area (Å²) in [7, 11) is 1.68. The molecule has 2 aliphatic rings. The Morgan fingerprint density at radius 1 is 1.19 bits per heavy atom. The number of benzene rings is 1. The van der Waals surface area contributed by atoms with Gasteiger partial charge in [-0.05, 0) is 23.6 Å². The molecule has 3 N–H and O–H groups in total. The minimum Gasteiger partial charge on any atom is -0.383 e. The molecule has 3 rings (SSSR count).